The van der Waals surface area contributed by atoms with Crippen molar-refractivity contribution in [2.24, 2.45) is 0 Å². The molecule has 1 atom stereocenters. The van der Waals surface area contributed by atoms with Crippen molar-refractivity contribution >= 4 is 22.6 Å². The van der Waals surface area contributed by atoms with Gasteiger partial charge in [0.25, 0.3) is 0 Å². The van der Waals surface area contributed by atoms with Crippen LogP contribution in [0.2, 0.25) is 0 Å². The van der Waals surface area contributed by atoms with Gasteiger partial charge in [-0.1, -0.05) is 6.07 Å². The molecule has 0 radical (unpaired) electrons. The molecule has 88 valence electrons. The summed E-state index contributed by atoms with van der Waals surface area (Å²) in [5, 5.41) is 3.49. The Morgan fingerprint density at radius 3 is 3.06 bits per heavy atom. The highest BCUT2D eigenvalue weighted by atomic mass is 127. The Labute approximate surface area is 110 Å². The van der Waals surface area contributed by atoms with Gasteiger partial charge in [0.15, 0.2) is 0 Å². The fourth-order valence-electron chi connectivity index (χ4n) is 1.78. The van der Waals surface area contributed by atoms with Crippen LogP contribution in [0.15, 0.2) is 18.2 Å². The molecule has 0 aromatic heterocycles. The van der Waals surface area contributed by atoms with Crippen LogP contribution in [-0.4, -0.2) is 26.4 Å². The number of methoxy groups -OCH3 is 1. The molecule has 0 amide bonds. The van der Waals surface area contributed by atoms with Crippen molar-refractivity contribution in [3.8, 4) is 5.75 Å². The summed E-state index contributed by atoms with van der Waals surface area (Å²) in [5.74, 6) is 0.938. The van der Waals surface area contributed by atoms with Gasteiger partial charge in [-0.15, -0.1) is 0 Å². The number of hydrogen-bond acceptors (Lipinski definition) is 3. The predicted octanol–water partition coefficient (Wildman–Crippen LogP) is 2.18. The van der Waals surface area contributed by atoms with Crippen molar-refractivity contribution in [2.75, 3.05) is 20.3 Å². The fourth-order valence-corrected chi connectivity index (χ4v) is 2.58. The molecule has 2 rings (SSSR count). The van der Waals surface area contributed by atoms with Gasteiger partial charge in [-0.05, 0) is 46.7 Å². The van der Waals surface area contributed by atoms with Crippen LogP contribution >= 0.6 is 22.6 Å². The normalized spacial score (nSPS) is 20.0. The fraction of sp³-hybridized carbons (Fsp3) is 0.500. The molecule has 0 spiro atoms. The van der Waals surface area contributed by atoms with E-state index >= 15 is 0 Å². The molecule has 0 aliphatic carbocycles. The number of hydrogen-bond donors (Lipinski definition) is 1. The summed E-state index contributed by atoms with van der Waals surface area (Å²) in [6.07, 6.45) is 1.12. The Balaban J connectivity index is 1.91. The van der Waals surface area contributed by atoms with Crippen molar-refractivity contribution in [2.45, 2.75) is 19.0 Å². The number of nitrogens with one attached hydrogen (secondary N) is 1. The summed E-state index contributed by atoms with van der Waals surface area (Å²) in [6.45, 7) is 2.62. The van der Waals surface area contributed by atoms with E-state index in [2.05, 4.69) is 40.0 Å². The van der Waals surface area contributed by atoms with Crippen molar-refractivity contribution < 1.29 is 9.47 Å². The van der Waals surface area contributed by atoms with Gasteiger partial charge >= 0.3 is 0 Å². The second-order valence-corrected chi connectivity index (χ2v) is 5.07. The van der Waals surface area contributed by atoms with Gasteiger partial charge in [0, 0.05) is 19.2 Å². The lowest BCUT2D eigenvalue weighted by Gasteiger charge is -2.11. The number of ether oxygens (including phenoxy) is 2. The van der Waals surface area contributed by atoms with E-state index in [1.807, 2.05) is 6.07 Å². The lowest BCUT2D eigenvalue weighted by Crippen LogP contribution is -2.28. The molecule has 1 unspecified atom stereocenters. The lowest BCUT2D eigenvalue weighted by molar-refractivity contribution is 0.190. The van der Waals surface area contributed by atoms with Gasteiger partial charge in [-0.3, -0.25) is 0 Å². The maximum Gasteiger partial charge on any atom is 0.132 e. The van der Waals surface area contributed by atoms with Gasteiger partial charge in [0.1, 0.15) is 5.75 Å². The van der Waals surface area contributed by atoms with Gasteiger partial charge in [-0.25, -0.2) is 0 Å². The first-order chi connectivity index (χ1) is 7.79. The molecular formula is C12H16INO2. The third kappa shape index (κ3) is 3.09. The van der Waals surface area contributed by atoms with E-state index in [-0.39, 0.29) is 0 Å². The second-order valence-electron chi connectivity index (χ2n) is 3.91. The molecule has 0 bridgehead atoms. The highest BCUT2D eigenvalue weighted by Crippen LogP contribution is 2.21. The number of benzene rings is 1. The summed E-state index contributed by atoms with van der Waals surface area (Å²) in [4.78, 5) is 0. The first kappa shape index (κ1) is 12.1. The average Bonchev–Trinajstić information content (AvgIpc) is 2.79. The summed E-state index contributed by atoms with van der Waals surface area (Å²) in [7, 11) is 1.70. The van der Waals surface area contributed by atoms with Crippen molar-refractivity contribution in [3.63, 3.8) is 0 Å². The summed E-state index contributed by atoms with van der Waals surface area (Å²) in [5.41, 5.74) is 1.29. The van der Waals surface area contributed by atoms with Crippen molar-refractivity contribution in [1.82, 2.24) is 5.32 Å². The molecule has 16 heavy (non-hydrogen) atoms. The molecule has 1 N–H and O–H groups in total. The SMILES string of the molecule is COc1ccc(CNC2CCOC2)cc1I. The van der Waals surface area contributed by atoms with Gasteiger partial charge in [-0.2, -0.15) is 0 Å². The highest BCUT2D eigenvalue weighted by Gasteiger charge is 2.14. The Morgan fingerprint density at radius 1 is 1.56 bits per heavy atom. The summed E-state index contributed by atoms with van der Waals surface area (Å²) < 4.78 is 11.7. The minimum Gasteiger partial charge on any atom is -0.496 e. The maximum absolute atomic E-state index is 5.32. The van der Waals surface area contributed by atoms with Gasteiger partial charge < -0.3 is 14.8 Å². The quantitative estimate of drug-likeness (QED) is 0.857. The smallest absolute Gasteiger partial charge is 0.132 e. The van der Waals surface area contributed by atoms with Crippen LogP contribution in [0.4, 0.5) is 0 Å². The molecule has 0 saturated carbocycles. The Morgan fingerprint density at radius 2 is 2.44 bits per heavy atom. The van der Waals surface area contributed by atoms with Crippen LogP contribution in [0.25, 0.3) is 0 Å². The van der Waals surface area contributed by atoms with Crippen LogP contribution in [0, 0.1) is 3.57 Å². The largest absolute Gasteiger partial charge is 0.496 e. The van der Waals surface area contributed by atoms with Crippen LogP contribution < -0.4 is 10.1 Å². The van der Waals surface area contributed by atoms with E-state index in [9.17, 15) is 0 Å². The standard InChI is InChI=1S/C12H16INO2/c1-15-12-3-2-9(6-11(12)13)7-14-10-4-5-16-8-10/h2-3,6,10,14H,4-5,7-8H2,1H3. The maximum atomic E-state index is 5.32. The zero-order valence-corrected chi connectivity index (χ0v) is 11.5. The Hall–Kier alpha value is -0.330. The molecule has 3 nitrogen and oxygen atoms in total. The lowest BCUT2D eigenvalue weighted by atomic mass is 10.2. The molecule has 1 aliphatic rings. The van der Waals surface area contributed by atoms with Crippen LogP contribution in [-0.2, 0) is 11.3 Å². The van der Waals surface area contributed by atoms with Gasteiger partial charge in [0.2, 0.25) is 0 Å². The third-order valence-corrected chi connectivity index (χ3v) is 3.58. The summed E-state index contributed by atoms with van der Waals surface area (Å²) in [6, 6.07) is 6.79. The van der Waals surface area contributed by atoms with E-state index in [1.165, 1.54) is 5.56 Å². The van der Waals surface area contributed by atoms with E-state index in [0.29, 0.717) is 6.04 Å². The number of halogens is 1. The van der Waals surface area contributed by atoms with E-state index in [1.54, 1.807) is 7.11 Å². The molecule has 1 aliphatic heterocycles. The van der Waals surface area contributed by atoms with Crippen LogP contribution in [0.5, 0.6) is 5.75 Å². The molecule has 1 fully saturated rings. The molecule has 1 aromatic carbocycles. The predicted molar refractivity (Wildman–Crippen MR) is 71.8 cm³/mol. The highest BCUT2D eigenvalue weighted by molar-refractivity contribution is 14.1. The zero-order valence-electron chi connectivity index (χ0n) is 9.33. The first-order valence-corrected chi connectivity index (χ1v) is 6.51. The topological polar surface area (TPSA) is 30.5 Å². The minimum atomic E-state index is 0.514. The molecular weight excluding hydrogens is 317 g/mol. The van der Waals surface area contributed by atoms with Crippen molar-refractivity contribution in [3.05, 3.63) is 27.3 Å². The monoisotopic (exact) mass is 333 g/mol. The average molecular weight is 333 g/mol. The molecule has 1 saturated heterocycles. The van der Waals surface area contributed by atoms with Crippen LogP contribution in [0.1, 0.15) is 12.0 Å². The van der Waals surface area contributed by atoms with E-state index in [0.717, 1.165) is 35.5 Å². The molecule has 1 aromatic rings. The third-order valence-electron chi connectivity index (χ3n) is 2.74. The molecule has 1 heterocycles. The Kier molecular flexibility index (Phi) is 4.43. The zero-order chi connectivity index (χ0) is 11.4. The molecule has 4 heteroatoms. The first-order valence-electron chi connectivity index (χ1n) is 5.43. The summed E-state index contributed by atoms with van der Waals surface area (Å²) >= 11 is 2.30. The van der Waals surface area contributed by atoms with E-state index < -0.39 is 0 Å². The van der Waals surface area contributed by atoms with Crippen LogP contribution in [0.3, 0.4) is 0 Å². The van der Waals surface area contributed by atoms with Crippen molar-refractivity contribution in [1.29, 1.82) is 0 Å². The Bertz CT molecular complexity index is 351. The number of rotatable bonds is 4. The van der Waals surface area contributed by atoms with E-state index in [4.69, 9.17) is 9.47 Å². The second kappa shape index (κ2) is 5.84. The minimum absolute atomic E-state index is 0.514. The van der Waals surface area contributed by atoms with Gasteiger partial charge in [0.05, 0.1) is 17.3 Å².